The minimum atomic E-state index is -1.40. The highest BCUT2D eigenvalue weighted by atomic mass is 19.1. The highest BCUT2D eigenvalue weighted by Gasteiger charge is 2.35. The van der Waals surface area contributed by atoms with Crippen LogP contribution in [0.3, 0.4) is 0 Å². The van der Waals surface area contributed by atoms with Gasteiger partial charge in [0.1, 0.15) is 11.7 Å². The molecular weight excluding hydrogens is 433 g/mol. The molecule has 0 amide bonds. The minimum Gasteiger partial charge on any atom is -0.481 e. The number of hydrogen-bond donors (Lipinski definition) is 3. The maximum atomic E-state index is 14.1. The molecule has 0 fully saturated rings. The molecule has 178 valence electrons. The summed E-state index contributed by atoms with van der Waals surface area (Å²) < 4.78 is 14.1. The van der Waals surface area contributed by atoms with Gasteiger partial charge in [0.2, 0.25) is 0 Å². The third kappa shape index (κ3) is 5.41. The first-order valence-corrected chi connectivity index (χ1v) is 11.2. The summed E-state index contributed by atoms with van der Waals surface area (Å²) in [6, 6.07) is 15.9. The van der Waals surface area contributed by atoms with Gasteiger partial charge in [-0.3, -0.25) is 9.78 Å². The smallest absolute Gasteiger partial charge is 0.313 e. The third-order valence-electron chi connectivity index (χ3n) is 5.89. The lowest BCUT2D eigenvalue weighted by Crippen LogP contribution is -2.31. The topological polar surface area (TPSA) is 90.7 Å². The predicted octanol–water partition coefficient (Wildman–Crippen LogP) is 5.45. The van der Waals surface area contributed by atoms with E-state index in [1.54, 1.807) is 25.1 Å². The predicted molar refractivity (Wildman–Crippen MR) is 131 cm³/mol. The van der Waals surface area contributed by atoms with Gasteiger partial charge >= 0.3 is 5.97 Å². The summed E-state index contributed by atoms with van der Waals surface area (Å²) >= 11 is 0. The number of aromatic nitrogens is 1. The van der Waals surface area contributed by atoms with Gasteiger partial charge in [-0.15, -0.1) is 6.58 Å². The molecule has 5 nitrogen and oxygen atoms in total. The van der Waals surface area contributed by atoms with Crippen LogP contribution in [0, 0.1) is 12.7 Å². The summed E-state index contributed by atoms with van der Waals surface area (Å²) in [6.07, 6.45) is -1.40. The van der Waals surface area contributed by atoms with Crippen molar-refractivity contribution in [3.8, 4) is 22.4 Å². The zero-order valence-corrected chi connectivity index (χ0v) is 19.6. The molecule has 1 aromatic heterocycles. The number of aryl methyl sites for hydroxylation is 1. The summed E-state index contributed by atoms with van der Waals surface area (Å²) in [5, 5.41) is 31.1. The van der Waals surface area contributed by atoms with Crippen molar-refractivity contribution >= 4 is 5.97 Å². The molecule has 34 heavy (non-hydrogen) atoms. The number of rotatable bonds is 9. The van der Waals surface area contributed by atoms with Gasteiger partial charge in [-0.05, 0) is 53.3 Å². The monoisotopic (exact) mass is 463 g/mol. The van der Waals surface area contributed by atoms with E-state index < -0.39 is 24.1 Å². The van der Waals surface area contributed by atoms with Gasteiger partial charge in [-0.2, -0.15) is 0 Å². The number of carboxylic acid groups (broad SMARTS) is 1. The van der Waals surface area contributed by atoms with Crippen LogP contribution in [-0.4, -0.2) is 38.5 Å². The van der Waals surface area contributed by atoms with E-state index >= 15 is 0 Å². The number of nitrogens with zero attached hydrogens (tertiary/aromatic N) is 1. The van der Waals surface area contributed by atoms with E-state index in [0.717, 1.165) is 5.56 Å². The zero-order valence-electron chi connectivity index (χ0n) is 19.6. The number of halogens is 1. The Morgan fingerprint density at radius 1 is 1.09 bits per heavy atom. The second-order valence-electron chi connectivity index (χ2n) is 8.76. The van der Waals surface area contributed by atoms with Crippen LogP contribution in [-0.2, 0) is 4.79 Å². The highest BCUT2D eigenvalue weighted by molar-refractivity contribution is 5.84. The number of aliphatic hydroxyl groups is 2. The van der Waals surface area contributed by atoms with Crippen molar-refractivity contribution in [1.82, 2.24) is 4.98 Å². The SMILES string of the molecule is C=CC(O)CC(O)C(C(=O)O)c1c(-c2ccc(F)c(C)c2)cc(-c2ccccc2)nc1C(C)C. The summed E-state index contributed by atoms with van der Waals surface area (Å²) in [7, 11) is 0. The lowest BCUT2D eigenvalue weighted by atomic mass is 9.81. The number of carboxylic acids is 1. The van der Waals surface area contributed by atoms with Gasteiger partial charge in [0.15, 0.2) is 0 Å². The lowest BCUT2D eigenvalue weighted by Gasteiger charge is -2.27. The van der Waals surface area contributed by atoms with E-state index in [9.17, 15) is 24.5 Å². The molecule has 0 aliphatic rings. The molecule has 3 unspecified atom stereocenters. The van der Waals surface area contributed by atoms with Crippen molar-refractivity contribution in [2.75, 3.05) is 0 Å². The van der Waals surface area contributed by atoms with Gasteiger partial charge in [0.25, 0.3) is 0 Å². The molecule has 0 saturated carbocycles. The average Bonchev–Trinajstić information content (AvgIpc) is 2.81. The van der Waals surface area contributed by atoms with Crippen molar-refractivity contribution < 1.29 is 24.5 Å². The molecular formula is C28H30FNO4. The molecule has 0 aliphatic heterocycles. The van der Waals surface area contributed by atoms with E-state index in [1.165, 1.54) is 12.1 Å². The van der Waals surface area contributed by atoms with E-state index in [2.05, 4.69) is 6.58 Å². The Hall–Kier alpha value is -3.35. The Kier molecular flexibility index (Phi) is 7.97. The van der Waals surface area contributed by atoms with Gasteiger partial charge in [-0.1, -0.05) is 56.3 Å². The molecule has 1 heterocycles. The second kappa shape index (κ2) is 10.7. The Morgan fingerprint density at radius 2 is 1.76 bits per heavy atom. The molecule has 0 aliphatic carbocycles. The van der Waals surface area contributed by atoms with E-state index in [1.807, 2.05) is 44.2 Å². The molecule has 3 atom stereocenters. The van der Waals surface area contributed by atoms with Gasteiger partial charge < -0.3 is 15.3 Å². The van der Waals surface area contributed by atoms with Crippen LogP contribution in [0.25, 0.3) is 22.4 Å². The molecule has 0 bridgehead atoms. The first-order chi connectivity index (χ1) is 16.1. The molecule has 3 aromatic rings. The Bertz CT molecular complexity index is 1180. The lowest BCUT2D eigenvalue weighted by molar-refractivity contribution is -0.142. The zero-order chi connectivity index (χ0) is 25.0. The van der Waals surface area contributed by atoms with E-state index in [4.69, 9.17) is 4.98 Å². The average molecular weight is 464 g/mol. The maximum Gasteiger partial charge on any atom is 0.313 e. The van der Waals surface area contributed by atoms with Gasteiger partial charge in [0, 0.05) is 17.7 Å². The minimum absolute atomic E-state index is 0.169. The van der Waals surface area contributed by atoms with Crippen molar-refractivity contribution in [2.45, 2.75) is 51.2 Å². The number of hydrogen-bond acceptors (Lipinski definition) is 4. The molecule has 0 radical (unpaired) electrons. The molecule has 0 spiro atoms. The van der Waals surface area contributed by atoms with Crippen LogP contribution in [0.5, 0.6) is 0 Å². The van der Waals surface area contributed by atoms with Gasteiger partial charge in [-0.25, -0.2) is 4.39 Å². The fourth-order valence-corrected chi connectivity index (χ4v) is 4.11. The molecule has 2 aromatic carbocycles. The number of carbonyl (C=O) groups is 1. The number of pyridine rings is 1. The molecule has 0 saturated heterocycles. The standard InChI is InChI=1S/C28H30FNO4/c1-5-20(31)14-24(32)26(28(33)34)25-21(19-11-12-22(29)17(4)13-19)15-23(30-27(25)16(2)3)18-9-7-6-8-10-18/h5-13,15-16,20,24,26,31-32H,1,14H2,2-4H3,(H,33,34). The summed E-state index contributed by atoms with van der Waals surface area (Å²) in [4.78, 5) is 17.3. The summed E-state index contributed by atoms with van der Waals surface area (Å²) in [6.45, 7) is 8.97. The third-order valence-corrected chi connectivity index (χ3v) is 5.89. The first-order valence-electron chi connectivity index (χ1n) is 11.2. The highest BCUT2D eigenvalue weighted by Crippen LogP contribution is 2.40. The number of aliphatic carboxylic acids is 1. The van der Waals surface area contributed by atoms with Crippen LogP contribution in [0.2, 0.25) is 0 Å². The van der Waals surface area contributed by atoms with Crippen LogP contribution in [0.4, 0.5) is 4.39 Å². The Morgan fingerprint density at radius 3 is 2.32 bits per heavy atom. The number of aliphatic hydroxyl groups excluding tert-OH is 2. The summed E-state index contributed by atoms with van der Waals surface area (Å²) in [5.74, 6) is -3.13. The largest absolute Gasteiger partial charge is 0.481 e. The van der Waals surface area contributed by atoms with Crippen molar-refractivity contribution in [1.29, 1.82) is 0 Å². The first kappa shape index (κ1) is 25.3. The van der Waals surface area contributed by atoms with Crippen molar-refractivity contribution in [3.05, 3.63) is 89.9 Å². The Labute approximate surface area is 199 Å². The van der Waals surface area contributed by atoms with Gasteiger partial charge in [0.05, 0.1) is 17.9 Å². The van der Waals surface area contributed by atoms with E-state index in [-0.39, 0.29) is 18.2 Å². The van der Waals surface area contributed by atoms with Crippen LogP contribution < -0.4 is 0 Å². The normalized spacial score (nSPS) is 14.0. The fourth-order valence-electron chi connectivity index (χ4n) is 4.11. The van der Waals surface area contributed by atoms with E-state index in [0.29, 0.717) is 33.6 Å². The quantitative estimate of drug-likeness (QED) is 0.367. The van der Waals surface area contributed by atoms with Crippen molar-refractivity contribution in [2.24, 2.45) is 0 Å². The Balaban J connectivity index is 2.36. The molecule has 6 heteroatoms. The number of benzene rings is 2. The summed E-state index contributed by atoms with van der Waals surface area (Å²) in [5.41, 5.74) is 3.98. The maximum absolute atomic E-state index is 14.1. The fraction of sp³-hybridized carbons (Fsp3) is 0.286. The van der Waals surface area contributed by atoms with Crippen LogP contribution in [0.15, 0.2) is 67.3 Å². The van der Waals surface area contributed by atoms with Crippen LogP contribution >= 0.6 is 0 Å². The second-order valence-corrected chi connectivity index (χ2v) is 8.76. The molecule has 3 N–H and O–H groups in total. The van der Waals surface area contributed by atoms with Crippen LogP contribution in [0.1, 0.15) is 48.9 Å². The molecule has 3 rings (SSSR count). The van der Waals surface area contributed by atoms with Crippen molar-refractivity contribution in [3.63, 3.8) is 0 Å².